The molecule has 0 saturated heterocycles. The van der Waals surface area contributed by atoms with E-state index in [1.54, 1.807) is 18.3 Å². The first-order valence-corrected chi connectivity index (χ1v) is 5.21. The first-order chi connectivity index (χ1) is 7.11. The van der Waals surface area contributed by atoms with Gasteiger partial charge in [0.05, 0.1) is 0 Å². The lowest BCUT2D eigenvalue weighted by atomic mass is 9.98. The topological polar surface area (TPSA) is 12.9 Å². The summed E-state index contributed by atoms with van der Waals surface area (Å²) in [6.07, 6.45) is 1.65. The summed E-state index contributed by atoms with van der Waals surface area (Å²) in [7, 11) is 0. The molecule has 2 rings (SSSR count). The van der Waals surface area contributed by atoms with Crippen LogP contribution in [0.25, 0.3) is 10.8 Å². The number of benzene rings is 1. The Labute approximate surface area is 92.9 Å². The van der Waals surface area contributed by atoms with E-state index in [1.165, 1.54) is 6.07 Å². The summed E-state index contributed by atoms with van der Waals surface area (Å²) in [5.74, 6) is -0.00494. The Kier molecular flexibility index (Phi) is 2.61. The van der Waals surface area contributed by atoms with Gasteiger partial charge in [0, 0.05) is 17.0 Å². The lowest BCUT2D eigenvalue weighted by Gasteiger charge is -2.10. The molecule has 0 aliphatic rings. The summed E-state index contributed by atoms with van der Waals surface area (Å²) in [6.45, 7) is 4.02. The van der Waals surface area contributed by atoms with Crippen LogP contribution in [-0.2, 0) is 0 Å². The zero-order valence-corrected chi connectivity index (χ0v) is 9.35. The molecule has 1 aromatic heterocycles. The molecule has 1 nitrogen and oxygen atoms in total. The summed E-state index contributed by atoms with van der Waals surface area (Å²) < 4.78 is 13.7. The Hall–Kier alpha value is -1.15. The van der Waals surface area contributed by atoms with Gasteiger partial charge < -0.3 is 0 Å². The van der Waals surface area contributed by atoms with Crippen molar-refractivity contribution in [3.8, 4) is 0 Å². The van der Waals surface area contributed by atoms with Crippen LogP contribution in [-0.4, -0.2) is 4.98 Å². The molecule has 1 heterocycles. The minimum atomic E-state index is -0.236. The fourth-order valence-corrected chi connectivity index (χ4v) is 1.89. The van der Waals surface area contributed by atoms with Crippen LogP contribution in [0, 0.1) is 5.82 Å². The van der Waals surface area contributed by atoms with E-state index in [9.17, 15) is 4.39 Å². The van der Waals surface area contributed by atoms with Gasteiger partial charge in [-0.05, 0) is 17.5 Å². The molecule has 0 aliphatic carbocycles. The van der Waals surface area contributed by atoms with Crippen molar-refractivity contribution in [2.24, 2.45) is 0 Å². The number of halogens is 2. The Balaban J connectivity index is 2.90. The fraction of sp³-hybridized carbons (Fsp3) is 0.250. The molecule has 0 aliphatic heterocycles. The number of nitrogens with zero attached hydrogens (tertiary/aromatic N) is 1. The van der Waals surface area contributed by atoms with Gasteiger partial charge in [-0.3, -0.25) is 0 Å². The van der Waals surface area contributed by atoms with E-state index < -0.39 is 0 Å². The first kappa shape index (κ1) is 10.4. The van der Waals surface area contributed by atoms with E-state index in [0.29, 0.717) is 15.9 Å². The maximum absolute atomic E-state index is 13.7. The number of rotatable bonds is 1. The molecular weight excluding hydrogens is 213 g/mol. The average molecular weight is 224 g/mol. The average Bonchev–Trinajstić information content (AvgIpc) is 2.19. The molecular formula is C12H11ClFN. The van der Waals surface area contributed by atoms with Crippen LogP contribution in [0.15, 0.2) is 24.4 Å². The van der Waals surface area contributed by atoms with Crippen molar-refractivity contribution < 1.29 is 4.39 Å². The fourth-order valence-electron chi connectivity index (χ4n) is 1.69. The second kappa shape index (κ2) is 3.78. The largest absolute Gasteiger partial charge is 0.244 e. The van der Waals surface area contributed by atoms with Crippen LogP contribution in [0.2, 0.25) is 5.15 Å². The van der Waals surface area contributed by atoms with Crippen molar-refractivity contribution in [2.45, 2.75) is 19.8 Å². The molecule has 0 N–H and O–H groups in total. The van der Waals surface area contributed by atoms with Crippen molar-refractivity contribution in [1.29, 1.82) is 0 Å². The summed E-state index contributed by atoms with van der Waals surface area (Å²) in [6, 6.07) is 4.89. The highest BCUT2D eigenvalue weighted by atomic mass is 35.5. The van der Waals surface area contributed by atoms with Crippen molar-refractivity contribution in [1.82, 2.24) is 4.98 Å². The number of hydrogen-bond acceptors (Lipinski definition) is 1. The zero-order valence-electron chi connectivity index (χ0n) is 8.59. The Bertz CT molecular complexity index is 508. The SMILES string of the molecule is CC(C)c1cnc(Cl)c2cccc(F)c12. The highest BCUT2D eigenvalue weighted by Crippen LogP contribution is 2.30. The molecule has 3 heteroatoms. The smallest absolute Gasteiger partial charge is 0.136 e. The number of aromatic nitrogens is 1. The van der Waals surface area contributed by atoms with E-state index >= 15 is 0 Å². The van der Waals surface area contributed by atoms with E-state index in [4.69, 9.17) is 11.6 Å². The predicted molar refractivity (Wildman–Crippen MR) is 60.8 cm³/mol. The van der Waals surface area contributed by atoms with Crippen molar-refractivity contribution in [2.75, 3.05) is 0 Å². The lowest BCUT2D eigenvalue weighted by molar-refractivity contribution is 0.637. The van der Waals surface area contributed by atoms with Gasteiger partial charge >= 0.3 is 0 Å². The summed E-state index contributed by atoms with van der Waals surface area (Å²) in [5, 5.41) is 1.63. The second-order valence-electron chi connectivity index (χ2n) is 3.82. The third-order valence-corrected chi connectivity index (χ3v) is 2.76. The van der Waals surface area contributed by atoms with Crippen LogP contribution >= 0.6 is 11.6 Å². The van der Waals surface area contributed by atoms with Gasteiger partial charge in [0.25, 0.3) is 0 Å². The highest BCUT2D eigenvalue weighted by molar-refractivity contribution is 6.34. The standard InChI is InChI=1S/C12H11ClFN/c1-7(2)9-6-15-12(13)8-4-3-5-10(14)11(8)9/h3-7H,1-2H3. The van der Waals surface area contributed by atoms with Gasteiger partial charge in [-0.15, -0.1) is 0 Å². The molecule has 0 spiro atoms. The second-order valence-corrected chi connectivity index (χ2v) is 4.18. The molecule has 78 valence electrons. The maximum atomic E-state index is 13.7. The van der Waals surface area contributed by atoms with E-state index in [0.717, 1.165) is 5.56 Å². The summed E-state index contributed by atoms with van der Waals surface area (Å²) >= 11 is 5.93. The minimum Gasteiger partial charge on any atom is -0.244 e. The monoisotopic (exact) mass is 223 g/mol. The number of hydrogen-bond donors (Lipinski definition) is 0. The van der Waals surface area contributed by atoms with Gasteiger partial charge in [0.15, 0.2) is 0 Å². The van der Waals surface area contributed by atoms with Crippen molar-refractivity contribution in [3.05, 3.63) is 40.9 Å². The van der Waals surface area contributed by atoms with E-state index in [1.807, 2.05) is 13.8 Å². The normalized spacial score (nSPS) is 11.3. The Morgan fingerprint density at radius 1 is 1.33 bits per heavy atom. The van der Waals surface area contributed by atoms with Gasteiger partial charge in [0.2, 0.25) is 0 Å². The Morgan fingerprint density at radius 2 is 2.07 bits per heavy atom. The van der Waals surface area contributed by atoms with Crippen LogP contribution in [0.1, 0.15) is 25.3 Å². The molecule has 0 amide bonds. The minimum absolute atomic E-state index is 0.231. The maximum Gasteiger partial charge on any atom is 0.136 e. The third kappa shape index (κ3) is 1.70. The predicted octanol–water partition coefficient (Wildman–Crippen LogP) is 4.15. The van der Waals surface area contributed by atoms with Crippen molar-refractivity contribution >= 4 is 22.4 Å². The zero-order chi connectivity index (χ0) is 11.0. The van der Waals surface area contributed by atoms with E-state index in [2.05, 4.69) is 4.98 Å². The molecule has 0 bridgehead atoms. The first-order valence-electron chi connectivity index (χ1n) is 4.84. The van der Waals surface area contributed by atoms with Crippen LogP contribution in [0.3, 0.4) is 0 Å². The summed E-state index contributed by atoms with van der Waals surface area (Å²) in [5.41, 5.74) is 0.896. The summed E-state index contributed by atoms with van der Waals surface area (Å²) in [4.78, 5) is 4.07. The van der Waals surface area contributed by atoms with Gasteiger partial charge in [-0.1, -0.05) is 37.6 Å². The quantitative estimate of drug-likeness (QED) is 0.662. The Morgan fingerprint density at radius 3 is 2.73 bits per heavy atom. The molecule has 0 unspecified atom stereocenters. The lowest BCUT2D eigenvalue weighted by Crippen LogP contribution is -1.94. The molecule has 0 saturated carbocycles. The van der Waals surface area contributed by atoms with Crippen LogP contribution in [0.5, 0.6) is 0 Å². The molecule has 0 atom stereocenters. The van der Waals surface area contributed by atoms with Crippen molar-refractivity contribution in [3.63, 3.8) is 0 Å². The molecule has 1 aromatic carbocycles. The molecule has 0 radical (unpaired) electrons. The van der Waals surface area contributed by atoms with E-state index in [-0.39, 0.29) is 11.7 Å². The van der Waals surface area contributed by atoms with Gasteiger partial charge in [0.1, 0.15) is 11.0 Å². The van der Waals surface area contributed by atoms with Gasteiger partial charge in [-0.2, -0.15) is 0 Å². The third-order valence-electron chi connectivity index (χ3n) is 2.46. The molecule has 0 fully saturated rings. The van der Waals surface area contributed by atoms with Crippen LogP contribution in [0.4, 0.5) is 4.39 Å². The number of pyridine rings is 1. The van der Waals surface area contributed by atoms with Crippen LogP contribution < -0.4 is 0 Å². The molecule has 2 aromatic rings. The highest BCUT2D eigenvalue weighted by Gasteiger charge is 2.12. The van der Waals surface area contributed by atoms with Gasteiger partial charge in [-0.25, -0.2) is 9.37 Å². The molecule has 15 heavy (non-hydrogen) atoms. The number of fused-ring (bicyclic) bond motifs is 1.